The van der Waals surface area contributed by atoms with Gasteiger partial charge >= 0.3 is 0 Å². The maximum absolute atomic E-state index is 11.9. The molecule has 10 heteroatoms. The maximum atomic E-state index is 11.9. The summed E-state index contributed by atoms with van der Waals surface area (Å²) in [7, 11) is 1.58. The van der Waals surface area contributed by atoms with Crippen molar-refractivity contribution in [3.05, 3.63) is 28.2 Å². The molecular formula is C14H17Cl2N5O2S. The van der Waals surface area contributed by atoms with E-state index in [1.807, 2.05) is 6.92 Å². The maximum Gasteiger partial charge on any atom is 0.230 e. The van der Waals surface area contributed by atoms with Crippen LogP contribution in [0.25, 0.3) is 11.4 Å². The molecule has 130 valence electrons. The van der Waals surface area contributed by atoms with Gasteiger partial charge in [-0.3, -0.25) is 4.79 Å². The van der Waals surface area contributed by atoms with Crippen molar-refractivity contribution in [2.24, 2.45) is 0 Å². The molecule has 1 unspecified atom stereocenters. The predicted molar refractivity (Wildman–Crippen MR) is 95.8 cm³/mol. The molecule has 3 N–H and O–H groups in total. The topological polar surface area (TPSA) is 95.1 Å². The number of nitrogens with zero attached hydrogens (tertiary/aromatic N) is 3. The average molecular weight is 390 g/mol. The highest BCUT2D eigenvalue weighted by Gasteiger charge is 2.16. The second kappa shape index (κ2) is 8.57. The fraction of sp³-hybridized carbons (Fsp3) is 0.357. The summed E-state index contributed by atoms with van der Waals surface area (Å²) in [6.45, 7) is 2.31. The van der Waals surface area contributed by atoms with Gasteiger partial charge in [0, 0.05) is 23.7 Å². The lowest BCUT2D eigenvalue weighted by Gasteiger charge is -2.12. The van der Waals surface area contributed by atoms with Gasteiger partial charge < -0.3 is 15.9 Å². The number of benzene rings is 1. The Balaban J connectivity index is 2.04. The first-order valence-corrected chi connectivity index (χ1v) is 8.73. The van der Waals surface area contributed by atoms with Crippen molar-refractivity contribution in [3.8, 4) is 11.4 Å². The van der Waals surface area contributed by atoms with Crippen LogP contribution in [0.15, 0.2) is 23.4 Å². The van der Waals surface area contributed by atoms with Gasteiger partial charge in [0.25, 0.3) is 0 Å². The number of methoxy groups -OCH3 is 1. The van der Waals surface area contributed by atoms with Crippen molar-refractivity contribution in [2.75, 3.05) is 25.3 Å². The molecule has 1 aromatic heterocycles. The summed E-state index contributed by atoms with van der Waals surface area (Å²) in [6.07, 6.45) is 0. The summed E-state index contributed by atoms with van der Waals surface area (Å²) in [4.78, 5) is 11.9. The average Bonchev–Trinajstić information content (AvgIpc) is 2.86. The van der Waals surface area contributed by atoms with Gasteiger partial charge in [0.2, 0.25) is 11.1 Å². The quantitative estimate of drug-likeness (QED) is 0.556. The molecule has 0 aliphatic rings. The molecule has 0 aliphatic carbocycles. The third kappa shape index (κ3) is 4.76. The van der Waals surface area contributed by atoms with E-state index in [0.717, 1.165) is 0 Å². The van der Waals surface area contributed by atoms with Gasteiger partial charge in [0.1, 0.15) is 0 Å². The summed E-state index contributed by atoms with van der Waals surface area (Å²) in [6, 6.07) is 4.94. The number of rotatable bonds is 7. The molecule has 0 saturated heterocycles. The molecule has 1 heterocycles. The van der Waals surface area contributed by atoms with E-state index in [9.17, 15) is 4.79 Å². The summed E-state index contributed by atoms with van der Waals surface area (Å²) in [5.74, 6) is 6.42. The van der Waals surface area contributed by atoms with Crippen LogP contribution in [0.1, 0.15) is 6.92 Å². The highest BCUT2D eigenvalue weighted by molar-refractivity contribution is 7.99. The molecule has 1 amide bonds. The normalized spacial score (nSPS) is 12.2. The van der Waals surface area contributed by atoms with Crippen LogP contribution in [0.3, 0.4) is 0 Å². The molecule has 2 rings (SSSR count). The minimum Gasteiger partial charge on any atom is -0.383 e. The summed E-state index contributed by atoms with van der Waals surface area (Å²) in [5.41, 5.74) is 0.612. The second-order valence-corrected chi connectivity index (χ2v) is 6.80. The first-order valence-electron chi connectivity index (χ1n) is 6.99. The van der Waals surface area contributed by atoms with E-state index in [4.69, 9.17) is 33.8 Å². The van der Waals surface area contributed by atoms with Crippen LogP contribution in [0.4, 0.5) is 0 Å². The molecule has 1 atom stereocenters. The monoisotopic (exact) mass is 389 g/mol. The van der Waals surface area contributed by atoms with E-state index < -0.39 is 0 Å². The fourth-order valence-corrected chi connectivity index (χ4v) is 3.13. The number of hydrogen-bond donors (Lipinski definition) is 2. The molecular weight excluding hydrogens is 373 g/mol. The van der Waals surface area contributed by atoms with Crippen LogP contribution in [0, 0.1) is 0 Å². The number of hydrogen-bond acceptors (Lipinski definition) is 6. The first-order chi connectivity index (χ1) is 11.4. The van der Waals surface area contributed by atoms with E-state index in [-0.39, 0.29) is 17.7 Å². The largest absolute Gasteiger partial charge is 0.383 e. The highest BCUT2D eigenvalue weighted by Crippen LogP contribution is 2.30. The second-order valence-electron chi connectivity index (χ2n) is 5.01. The molecule has 0 aliphatic heterocycles. The van der Waals surface area contributed by atoms with Crippen molar-refractivity contribution >= 4 is 40.9 Å². The van der Waals surface area contributed by atoms with E-state index >= 15 is 0 Å². The Morgan fingerprint density at radius 2 is 2.21 bits per heavy atom. The number of amides is 1. The molecule has 0 spiro atoms. The zero-order chi connectivity index (χ0) is 17.7. The van der Waals surface area contributed by atoms with Crippen molar-refractivity contribution in [1.82, 2.24) is 20.2 Å². The molecule has 1 aromatic carbocycles. The smallest absolute Gasteiger partial charge is 0.230 e. The van der Waals surface area contributed by atoms with Crippen molar-refractivity contribution in [3.63, 3.8) is 0 Å². The highest BCUT2D eigenvalue weighted by atomic mass is 35.5. The third-order valence-electron chi connectivity index (χ3n) is 2.99. The number of carbonyl (C=O) groups excluding carboxylic acids is 1. The Hall–Kier alpha value is -1.48. The lowest BCUT2D eigenvalue weighted by Crippen LogP contribution is -2.36. The number of ether oxygens (including phenoxy) is 1. The zero-order valence-electron chi connectivity index (χ0n) is 13.1. The first kappa shape index (κ1) is 18.9. The number of nitrogen functional groups attached to an aromatic ring is 1. The van der Waals surface area contributed by atoms with E-state index in [0.29, 0.717) is 33.2 Å². The lowest BCUT2D eigenvalue weighted by molar-refractivity contribution is -0.119. The van der Waals surface area contributed by atoms with Gasteiger partial charge in [-0.15, -0.1) is 10.2 Å². The van der Waals surface area contributed by atoms with Crippen LogP contribution in [-0.2, 0) is 9.53 Å². The molecule has 24 heavy (non-hydrogen) atoms. The van der Waals surface area contributed by atoms with Crippen LogP contribution in [0.5, 0.6) is 0 Å². The molecule has 2 aromatic rings. The van der Waals surface area contributed by atoms with Crippen molar-refractivity contribution in [2.45, 2.75) is 18.1 Å². The number of thioether (sulfide) groups is 1. The van der Waals surface area contributed by atoms with Crippen LogP contribution in [0.2, 0.25) is 10.0 Å². The van der Waals surface area contributed by atoms with Crippen LogP contribution < -0.4 is 11.2 Å². The van der Waals surface area contributed by atoms with Crippen LogP contribution in [-0.4, -0.2) is 46.3 Å². The number of aromatic nitrogens is 3. The third-order valence-corrected chi connectivity index (χ3v) is 4.48. The molecule has 0 bridgehead atoms. The van der Waals surface area contributed by atoms with Gasteiger partial charge in [-0.25, -0.2) is 4.68 Å². The Bertz CT molecular complexity index is 725. The lowest BCUT2D eigenvalue weighted by atomic mass is 10.2. The summed E-state index contributed by atoms with van der Waals surface area (Å²) >= 11 is 13.2. The standard InChI is InChI=1S/C14H17Cl2N5O2S/c1-8(6-23-2)18-12(22)7-24-14-20-19-13(21(14)17)10-4-3-9(15)5-11(10)16/h3-5,8H,6-7,17H2,1-2H3,(H,18,22). The minimum atomic E-state index is -0.140. The summed E-state index contributed by atoms with van der Waals surface area (Å²) in [5, 5.41) is 12.2. The Labute approximate surface area is 153 Å². The molecule has 0 saturated carbocycles. The number of nitrogens with two attached hydrogens (primary N) is 1. The molecule has 0 radical (unpaired) electrons. The van der Waals surface area contributed by atoms with E-state index in [1.165, 1.54) is 16.4 Å². The number of carbonyl (C=O) groups is 1. The van der Waals surface area contributed by atoms with Gasteiger partial charge in [-0.2, -0.15) is 0 Å². The minimum absolute atomic E-state index is 0.0673. The Morgan fingerprint density at radius 3 is 2.88 bits per heavy atom. The van der Waals surface area contributed by atoms with E-state index in [1.54, 1.807) is 25.3 Å². The number of halogens is 2. The van der Waals surface area contributed by atoms with Gasteiger partial charge in [-0.1, -0.05) is 35.0 Å². The van der Waals surface area contributed by atoms with Crippen molar-refractivity contribution < 1.29 is 9.53 Å². The van der Waals surface area contributed by atoms with Crippen molar-refractivity contribution in [1.29, 1.82) is 0 Å². The zero-order valence-corrected chi connectivity index (χ0v) is 15.5. The fourth-order valence-electron chi connectivity index (χ4n) is 1.97. The Kier molecular flexibility index (Phi) is 6.73. The summed E-state index contributed by atoms with van der Waals surface area (Å²) < 4.78 is 6.27. The molecule has 7 nitrogen and oxygen atoms in total. The van der Waals surface area contributed by atoms with E-state index in [2.05, 4.69) is 15.5 Å². The van der Waals surface area contributed by atoms with Gasteiger partial charge in [0.15, 0.2) is 5.82 Å². The number of nitrogens with one attached hydrogen (secondary N) is 1. The SMILES string of the molecule is COCC(C)NC(=O)CSc1nnc(-c2ccc(Cl)cc2Cl)n1N. The van der Waals surface area contributed by atoms with Crippen LogP contribution >= 0.6 is 35.0 Å². The molecule has 0 fully saturated rings. The van der Waals surface area contributed by atoms with Gasteiger partial charge in [-0.05, 0) is 25.1 Å². The predicted octanol–water partition coefficient (Wildman–Crippen LogP) is 2.21. The Morgan fingerprint density at radius 1 is 1.46 bits per heavy atom. The van der Waals surface area contributed by atoms with Gasteiger partial charge in [0.05, 0.1) is 17.4 Å².